The molecule has 0 rings (SSSR count). The van der Waals surface area contributed by atoms with Crippen molar-refractivity contribution >= 4 is 5.78 Å². The maximum Gasteiger partial charge on any atom is 0.184 e. The number of carbonyl (C=O) groups excluding carboxylic acids is 1. The second kappa shape index (κ2) is 4.41. The van der Waals surface area contributed by atoms with Crippen LogP contribution >= 0.6 is 0 Å². The third kappa shape index (κ3) is 3.18. The average molecular weight is 170 g/mol. The van der Waals surface area contributed by atoms with Crippen LogP contribution in [0.5, 0.6) is 0 Å². The Labute approximate surface area is 74.6 Å². The minimum Gasteiger partial charge on any atom is -0.370 e. The predicted octanol–water partition coefficient (Wildman–Crippen LogP) is 2.19. The van der Waals surface area contributed by atoms with E-state index in [-0.39, 0.29) is 17.3 Å². The molecular weight excluding hydrogens is 152 g/mol. The summed E-state index contributed by atoms with van der Waals surface area (Å²) in [5.41, 5.74) is -0.152. The molecule has 0 heterocycles. The van der Waals surface area contributed by atoms with Gasteiger partial charge in [-0.25, -0.2) is 0 Å². The molecule has 0 aromatic heterocycles. The van der Waals surface area contributed by atoms with Crippen molar-refractivity contribution in [2.45, 2.75) is 33.8 Å². The summed E-state index contributed by atoms with van der Waals surface area (Å²) in [7, 11) is 0. The van der Waals surface area contributed by atoms with Crippen molar-refractivity contribution in [3.05, 3.63) is 12.7 Å². The minimum atomic E-state index is -0.361. The minimum absolute atomic E-state index is 0.0376. The van der Waals surface area contributed by atoms with Crippen LogP contribution in [-0.2, 0) is 9.53 Å². The highest BCUT2D eigenvalue weighted by Crippen LogP contribution is 2.23. The number of rotatable bonds is 4. The van der Waals surface area contributed by atoms with Gasteiger partial charge < -0.3 is 4.74 Å². The lowest BCUT2D eigenvalue weighted by Crippen LogP contribution is -2.36. The van der Waals surface area contributed by atoms with Gasteiger partial charge >= 0.3 is 0 Å². The van der Waals surface area contributed by atoms with Crippen LogP contribution in [0.2, 0.25) is 0 Å². The topological polar surface area (TPSA) is 26.3 Å². The highest BCUT2D eigenvalue weighted by atomic mass is 16.5. The molecule has 0 saturated carbocycles. The molecule has 12 heavy (non-hydrogen) atoms. The van der Waals surface area contributed by atoms with E-state index >= 15 is 0 Å². The van der Waals surface area contributed by atoms with Gasteiger partial charge in [-0.2, -0.15) is 0 Å². The summed E-state index contributed by atoms with van der Waals surface area (Å²) < 4.78 is 5.34. The van der Waals surface area contributed by atoms with Gasteiger partial charge in [-0.05, 0) is 18.4 Å². The zero-order chi connectivity index (χ0) is 9.78. The Balaban J connectivity index is 4.43. The van der Waals surface area contributed by atoms with E-state index in [0.717, 1.165) is 0 Å². The smallest absolute Gasteiger partial charge is 0.184 e. The third-order valence-electron chi connectivity index (χ3n) is 1.58. The maximum atomic E-state index is 11.3. The van der Waals surface area contributed by atoms with Gasteiger partial charge in [0.25, 0.3) is 0 Å². The van der Waals surface area contributed by atoms with E-state index in [1.807, 2.05) is 27.7 Å². The van der Waals surface area contributed by atoms with Crippen molar-refractivity contribution in [3.8, 4) is 0 Å². The van der Waals surface area contributed by atoms with E-state index in [0.29, 0.717) is 6.61 Å². The van der Waals surface area contributed by atoms with Crippen LogP contribution in [0.25, 0.3) is 0 Å². The van der Waals surface area contributed by atoms with E-state index in [9.17, 15) is 4.79 Å². The van der Waals surface area contributed by atoms with Crippen LogP contribution in [0.3, 0.4) is 0 Å². The summed E-state index contributed by atoms with van der Waals surface area (Å²) in [5, 5.41) is 0. The average Bonchev–Trinajstić information content (AvgIpc) is 1.96. The molecule has 0 amide bonds. The van der Waals surface area contributed by atoms with E-state index in [1.54, 1.807) is 0 Å². The Morgan fingerprint density at radius 1 is 1.58 bits per heavy atom. The zero-order valence-corrected chi connectivity index (χ0v) is 8.39. The van der Waals surface area contributed by atoms with Gasteiger partial charge in [0.15, 0.2) is 5.78 Å². The number of ether oxygens (including phenoxy) is 1. The lowest BCUT2D eigenvalue weighted by atomic mass is 9.86. The number of hydrogen-bond acceptors (Lipinski definition) is 2. The molecule has 2 heteroatoms. The molecule has 0 fully saturated rings. The number of hydrogen-bond donors (Lipinski definition) is 0. The van der Waals surface area contributed by atoms with Gasteiger partial charge in [-0.3, -0.25) is 4.79 Å². The summed E-state index contributed by atoms with van der Waals surface area (Å²) in [6.07, 6.45) is 0.964. The Morgan fingerprint density at radius 2 is 2.08 bits per heavy atom. The molecule has 70 valence electrons. The fourth-order valence-electron chi connectivity index (χ4n) is 1.03. The molecule has 0 aromatic carbocycles. The van der Waals surface area contributed by atoms with Crippen molar-refractivity contribution in [3.63, 3.8) is 0 Å². The molecular formula is C10H18O2. The molecule has 0 aliphatic rings. The monoisotopic (exact) mass is 170 g/mol. The van der Waals surface area contributed by atoms with E-state index in [4.69, 9.17) is 4.74 Å². The van der Waals surface area contributed by atoms with Crippen LogP contribution in [0.4, 0.5) is 0 Å². The highest BCUT2D eigenvalue weighted by molar-refractivity contribution is 5.93. The van der Waals surface area contributed by atoms with Crippen LogP contribution < -0.4 is 0 Å². The van der Waals surface area contributed by atoms with E-state index in [1.165, 1.54) is 6.08 Å². The fourth-order valence-corrected chi connectivity index (χ4v) is 1.03. The molecule has 0 aromatic rings. The maximum absolute atomic E-state index is 11.3. The van der Waals surface area contributed by atoms with Gasteiger partial charge in [0, 0.05) is 6.61 Å². The standard InChI is InChI=1S/C10H18O2/c1-6-8(11)9(12-7-2)10(3,4)5/h6,9H,1,7H2,2-5H3. The Morgan fingerprint density at radius 3 is 2.33 bits per heavy atom. The van der Waals surface area contributed by atoms with E-state index in [2.05, 4.69) is 6.58 Å². The lowest BCUT2D eigenvalue weighted by Gasteiger charge is -2.27. The Hall–Kier alpha value is -0.630. The van der Waals surface area contributed by atoms with Gasteiger partial charge in [0.1, 0.15) is 6.10 Å². The first-order valence-corrected chi connectivity index (χ1v) is 4.21. The predicted molar refractivity (Wildman–Crippen MR) is 50.1 cm³/mol. The van der Waals surface area contributed by atoms with Crippen molar-refractivity contribution in [1.82, 2.24) is 0 Å². The first kappa shape index (κ1) is 11.4. The Kier molecular flexibility index (Phi) is 4.18. The van der Waals surface area contributed by atoms with Gasteiger partial charge in [-0.1, -0.05) is 27.4 Å². The molecule has 0 N–H and O–H groups in total. The molecule has 1 unspecified atom stereocenters. The van der Waals surface area contributed by atoms with Gasteiger partial charge in [0.05, 0.1) is 0 Å². The first-order valence-electron chi connectivity index (χ1n) is 4.21. The zero-order valence-electron chi connectivity index (χ0n) is 8.39. The van der Waals surface area contributed by atoms with Crippen LogP contribution in [-0.4, -0.2) is 18.5 Å². The summed E-state index contributed by atoms with van der Waals surface area (Å²) in [4.78, 5) is 11.3. The normalized spacial score (nSPS) is 14.0. The van der Waals surface area contributed by atoms with Crippen LogP contribution in [0.1, 0.15) is 27.7 Å². The summed E-state index contributed by atoms with van der Waals surface area (Å²) in [6, 6.07) is 0. The first-order chi connectivity index (χ1) is 5.43. The summed E-state index contributed by atoms with van der Waals surface area (Å²) in [6.45, 7) is 11.8. The van der Waals surface area contributed by atoms with Crippen molar-refractivity contribution in [1.29, 1.82) is 0 Å². The largest absolute Gasteiger partial charge is 0.370 e. The molecule has 0 saturated heterocycles. The van der Waals surface area contributed by atoms with Gasteiger partial charge in [-0.15, -0.1) is 0 Å². The third-order valence-corrected chi connectivity index (χ3v) is 1.58. The van der Waals surface area contributed by atoms with E-state index < -0.39 is 0 Å². The number of carbonyl (C=O) groups is 1. The second-order valence-electron chi connectivity index (χ2n) is 3.81. The molecule has 0 bridgehead atoms. The fraction of sp³-hybridized carbons (Fsp3) is 0.700. The summed E-state index contributed by atoms with van der Waals surface area (Å²) in [5.74, 6) is -0.0376. The molecule has 0 aliphatic carbocycles. The van der Waals surface area contributed by atoms with Crippen LogP contribution in [0.15, 0.2) is 12.7 Å². The van der Waals surface area contributed by atoms with Crippen molar-refractivity contribution in [2.75, 3.05) is 6.61 Å². The van der Waals surface area contributed by atoms with Gasteiger partial charge in [0.2, 0.25) is 0 Å². The SMILES string of the molecule is C=CC(=O)C(OCC)C(C)(C)C. The molecule has 2 nitrogen and oxygen atoms in total. The van der Waals surface area contributed by atoms with Crippen molar-refractivity contribution < 1.29 is 9.53 Å². The van der Waals surface area contributed by atoms with Crippen LogP contribution in [0, 0.1) is 5.41 Å². The highest BCUT2D eigenvalue weighted by Gasteiger charge is 2.29. The van der Waals surface area contributed by atoms with Crippen molar-refractivity contribution in [2.24, 2.45) is 5.41 Å². The molecule has 1 atom stereocenters. The molecule has 0 radical (unpaired) electrons. The number of ketones is 1. The molecule has 0 spiro atoms. The summed E-state index contributed by atoms with van der Waals surface area (Å²) >= 11 is 0. The molecule has 0 aliphatic heterocycles. The second-order valence-corrected chi connectivity index (χ2v) is 3.81. The lowest BCUT2D eigenvalue weighted by molar-refractivity contribution is -0.132. The Bertz CT molecular complexity index is 165. The quantitative estimate of drug-likeness (QED) is 0.604.